The van der Waals surface area contributed by atoms with Crippen LogP contribution in [0.25, 0.3) is 5.65 Å². The standard InChI is InChI=1S/C15H20N4O2/c1-2-18-8-6-11(7-9-18)10-14-17-16-13-5-3-4-12(15(20)21)19(13)14/h3-5,11H,2,6-10H2,1H3,(H,20,21). The number of fused-ring (bicyclic) bond motifs is 1. The molecule has 112 valence electrons. The Morgan fingerprint density at radius 2 is 2.10 bits per heavy atom. The molecule has 0 aromatic carbocycles. The van der Waals surface area contributed by atoms with Crippen LogP contribution in [0.1, 0.15) is 36.1 Å². The Balaban J connectivity index is 1.83. The molecule has 3 heterocycles. The van der Waals surface area contributed by atoms with E-state index in [0.717, 1.165) is 44.7 Å². The molecule has 6 heteroatoms. The van der Waals surface area contributed by atoms with Crippen molar-refractivity contribution in [2.45, 2.75) is 26.2 Å². The van der Waals surface area contributed by atoms with E-state index in [-0.39, 0.29) is 5.69 Å². The number of carbonyl (C=O) groups is 1. The van der Waals surface area contributed by atoms with Crippen LogP contribution < -0.4 is 0 Å². The zero-order chi connectivity index (χ0) is 14.8. The second-order valence-electron chi connectivity index (χ2n) is 5.61. The van der Waals surface area contributed by atoms with Crippen molar-refractivity contribution in [3.63, 3.8) is 0 Å². The summed E-state index contributed by atoms with van der Waals surface area (Å²) in [6.45, 7) is 5.52. The van der Waals surface area contributed by atoms with Crippen LogP contribution >= 0.6 is 0 Å². The molecule has 2 aromatic rings. The predicted molar refractivity (Wildman–Crippen MR) is 78.5 cm³/mol. The van der Waals surface area contributed by atoms with Crippen molar-refractivity contribution in [3.05, 3.63) is 29.7 Å². The maximum absolute atomic E-state index is 11.4. The SMILES string of the molecule is CCN1CCC(Cc2nnc3cccc(C(=O)O)n23)CC1. The van der Waals surface area contributed by atoms with Crippen LogP contribution in [0.4, 0.5) is 0 Å². The maximum atomic E-state index is 11.4. The summed E-state index contributed by atoms with van der Waals surface area (Å²) in [5, 5.41) is 17.6. The zero-order valence-corrected chi connectivity index (χ0v) is 12.2. The molecule has 1 saturated heterocycles. The molecule has 3 rings (SSSR count). The first kappa shape index (κ1) is 14.0. The third-order valence-corrected chi connectivity index (χ3v) is 4.34. The Morgan fingerprint density at radius 3 is 2.76 bits per heavy atom. The van der Waals surface area contributed by atoms with E-state index in [2.05, 4.69) is 22.0 Å². The molecule has 0 spiro atoms. The molecule has 1 aliphatic rings. The highest BCUT2D eigenvalue weighted by Crippen LogP contribution is 2.21. The quantitative estimate of drug-likeness (QED) is 0.927. The highest BCUT2D eigenvalue weighted by Gasteiger charge is 2.22. The second-order valence-corrected chi connectivity index (χ2v) is 5.61. The molecule has 21 heavy (non-hydrogen) atoms. The summed E-state index contributed by atoms with van der Waals surface area (Å²) in [5.74, 6) is 0.377. The Bertz CT molecular complexity index is 644. The van der Waals surface area contributed by atoms with Gasteiger partial charge < -0.3 is 10.0 Å². The highest BCUT2D eigenvalue weighted by molar-refractivity contribution is 5.86. The first-order chi connectivity index (χ1) is 10.2. The van der Waals surface area contributed by atoms with Crippen LogP contribution in [-0.2, 0) is 6.42 Å². The molecule has 1 fully saturated rings. The number of carboxylic acids is 1. The molecule has 0 atom stereocenters. The number of aromatic carboxylic acids is 1. The first-order valence-electron chi connectivity index (χ1n) is 7.47. The maximum Gasteiger partial charge on any atom is 0.352 e. The number of rotatable bonds is 4. The fourth-order valence-electron chi connectivity index (χ4n) is 3.06. The number of likely N-dealkylation sites (tertiary alicyclic amines) is 1. The van der Waals surface area contributed by atoms with E-state index >= 15 is 0 Å². The van der Waals surface area contributed by atoms with Crippen molar-refractivity contribution >= 4 is 11.6 Å². The molecule has 0 bridgehead atoms. The van der Waals surface area contributed by atoms with E-state index in [1.54, 1.807) is 22.6 Å². The molecule has 0 aliphatic carbocycles. The normalized spacial score (nSPS) is 17.4. The average molecular weight is 288 g/mol. The van der Waals surface area contributed by atoms with Gasteiger partial charge in [-0.15, -0.1) is 10.2 Å². The van der Waals surface area contributed by atoms with Crippen LogP contribution in [0.15, 0.2) is 18.2 Å². The molecule has 0 unspecified atom stereocenters. The summed E-state index contributed by atoms with van der Waals surface area (Å²) in [5.41, 5.74) is 0.842. The number of hydrogen-bond donors (Lipinski definition) is 1. The fraction of sp³-hybridized carbons (Fsp3) is 0.533. The molecule has 6 nitrogen and oxygen atoms in total. The molecular formula is C15H20N4O2. The van der Waals surface area contributed by atoms with Gasteiger partial charge in [-0.05, 0) is 50.5 Å². The Morgan fingerprint density at radius 1 is 1.33 bits per heavy atom. The van der Waals surface area contributed by atoms with Crippen molar-refractivity contribution < 1.29 is 9.90 Å². The third kappa shape index (κ3) is 2.76. The molecule has 2 aromatic heterocycles. The molecule has 1 aliphatic heterocycles. The van der Waals surface area contributed by atoms with Crippen LogP contribution in [0.5, 0.6) is 0 Å². The van der Waals surface area contributed by atoms with E-state index in [1.165, 1.54) is 0 Å². The van der Waals surface area contributed by atoms with Crippen LogP contribution in [0.3, 0.4) is 0 Å². The number of piperidine rings is 1. The molecule has 0 saturated carbocycles. The van der Waals surface area contributed by atoms with E-state index in [0.29, 0.717) is 11.6 Å². The largest absolute Gasteiger partial charge is 0.477 e. The third-order valence-electron chi connectivity index (χ3n) is 4.34. The van der Waals surface area contributed by atoms with Crippen molar-refractivity contribution in [2.75, 3.05) is 19.6 Å². The summed E-state index contributed by atoms with van der Waals surface area (Å²) in [4.78, 5) is 13.8. The molecule has 1 N–H and O–H groups in total. The lowest BCUT2D eigenvalue weighted by Crippen LogP contribution is -2.34. The van der Waals surface area contributed by atoms with Gasteiger partial charge in [0.15, 0.2) is 5.65 Å². The smallest absolute Gasteiger partial charge is 0.352 e. The zero-order valence-electron chi connectivity index (χ0n) is 12.2. The topological polar surface area (TPSA) is 70.7 Å². The van der Waals surface area contributed by atoms with Gasteiger partial charge in [0, 0.05) is 6.42 Å². The summed E-state index contributed by atoms with van der Waals surface area (Å²) in [7, 11) is 0. The Kier molecular flexibility index (Phi) is 3.88. The van der Waals surface area contributed by atoms with Crippen molar-refractivity contribution in [3.8, 4) is 0 Å². The number of hydrogen-bond acceptors (Lipinski definition) is 4. The van der Waals surface area contributed by atoms with Crippen molar-refractivity contribution in [1.29, 1.82) is 0 Å². The lowest BCUT2D eigenvalue weighted by Gasteiger charge is -2.30. The number of pyridine rings is 1. The lowest BCUT2D eigenvalue weighted by atomic mass is 9.93. The Hall–Kier alpha value is -1.95. The summed E-state index contributed by atoms with van der Waals surface area (Å²) >= 11 is 0. The minimum absolute atomic E-state index is 0.235. The molecule has 0 amide bonds. The van der Waals surface area contributed by atoms with Crippen LogP contribution in [-0.4, -0.2) is 50.2 Å². The van der Waals surface area contributed by atoms with Gasteiger partial charge in [-0.3, -0.25) is 4.40 Å². The van der Waals surface area contributed by atoms with Crippen molar-refractivity contribution in [2.24, 2.45) is 5.92 Å². The highest BCUT2D eigenvalue weighted by atomic mass is 16.4. The first-order valence-corrected chi connectivity index (χ1v) is 7.47. The van der Waals surface area contributed by atoms with Gasteiger partial charge in [0.05, 0.1) is 0 Å². The number of nitrogens with zero attached hydrogens (tertiary/aromatic N) is 4. The lowest BCUT2D eigenvalue weighted by molar-refractivity contribution is 0.0688. The molecular weight excluding hydrogens is 268 g/mol. The number of carboxylic acid groups (broad SMARTS) is 1. The van der Waals surface area contributed by atoms with Crippen LogP contribution in [0.2, 0.25) is 0 Å². The van der Waals surface area contributed by atoms with Gasteiger partial charge in [0.25, 0.3) is 0 Å². The number of aromatic nitrogens is 3. The minimum atomic E-state index is -0.942. The summed E-state index contributed by atoms with van der Waals surface area (Å²) < 4.78 is 1.68. The van der Waals surface area contributed by atoms with Gasteiger partial charge >= 0.3 is 5.97 Å². The van der Waals surface area contributed by atoms with E-state index in [9.17, 15) is 9.90 Å². The second kappa shape index (κ2) is 5.81. The average Bonchev–Trinajstić information content (AvgIpc) is 2.91. The van der Waals surface area contributed by atoms with Gasteiger partial charge in [-0.25, -0.2) is 4.79 Å². The van der Waals surface area contributed by atoms with Crippen molar-refractivity contribution in [1.82, 2.24) is 19.5 Å². The monoisotopic (exact) mass is 288 g/mol. The van der Waals surface area contributed by atoms with Gasteiger partial charge in [0.1, 0.15) is 11.5 Å². The predicted octanol–water partition coefficient (Wildman–Crippen LogP) is 1.70. The van der Waals surface area contributed by atoms with Crippen LogP contribution in [0, 0.1) is 5.92 Å². The van der Waals surface area contributed by atoms with Gasteiger partial charge in [0.2, 0.25) is 0 Å². The Labute approximate surface area is 123 Å². The minimum Gasteiger partial charge on any atom is -0.477 e. The summed E-state index contributed by atoms with van der Waals surface area (Å²) in [6.07, 6.45) is 3.07. The fourth-order valence-corrected chi connectivity index (χ4v) is 3.06. The molecule has 0 radical (unpaired) electrons. The van der Waals surface area contributed by atoms with E-state index in [4.69, 9.17) is 0 Å². The summed E-state index contributed by atoms with van der Waals surface area (Å²) in [6, 6.07) is 5.10. The van der Waals surface area contributed by atoms with E-state index < -0.39 is 5.97 Å². The van der Waals surface area contributed by atoms with E-state index in [1.807, 2.05) is 0 Å². The van der Waals surface area contributed by atoms with Gasteiger partial charge in [-0.2, -0.15) is 0 Å². The van der Waals surface area contributed by atoms with Gasteiger partial charge in [-0.1, -0.05) is 13.0 Å².